The summed E-state index contributed by atoms with van der Waals surface area (Å²) in [4.78, 5) is 35.6. The SMILES string of the molecule is C=CCn1c(SCC(=O)N2c3ccccc3CC2C)nc2sc3c(c2c1=O)CCCCC3. The fourth-order valence-corrected chi connectivity index (χ4v) is 7.11. The van der Waals surface area contributed by atoms with Crippen molar-refractivity contribution < 1.29 is 4.79 Å². The second-order valence-electron chi connectivity index (χ2n) is 8.58. The summed E-state index contributed by atoms with van der Waals surface area (Å²) in [7, 11) is 0. The van der Waals surface area contributed by atoms with Crippen molar-refractivity contribution in [2.45, 2.75) is 63.2 Å². The zero-order chi connectivity index (χ0) is 22.2. The van der Waals surface area contributed by atoms with Gasteiger partial charge in [-0.05, 0) is 56.2 Å². The molecule has 2 aromatic heterocycles. The van der Waals surface area contributed by atoms with E-state index < -0.39 is 0 Å². The van der Waals surface area contributed by atoms with E-state index in [1.807, 2.05) is 23.1 Å². The summed E-state index contributed by atoms with van der Waals surface area (Å²) < 4.78 is 1.69. The number of amides is 1. The smallest absolute Gasteiger partial charge is 0.263 e. The first-order valence-corrected chi connectivity index (χ1v) is 13.1. The molecular weight excluding hydrogens is 438 g/mol. The third-order valence-electron chi connectivity index (χ3n) is 6.40. The van der Waals surface area contributed by atoms with Gasteiger partial charge in [0.2, 0.25) is 5.91 Å². The molecule has 0 bridgehead atoms. The molecule has 1 aliphatic carbocycles. The molecule has 0 saturated heterocycles. The lowest BCUT2D eigenvalue weighted by atomic mass is 10.1. The van der Waals surface area contributed by atoms with Gasteiger partial charge in [-0.3, -0.25) is 14.2 Å². The van der Waals surface area contributed by atoms with Crippen LogP contribution in [0.1, 0.15) is 42.2 Å². The standard InChI is InChI=1S/C25H27N3O2S2/c1-3-13-27-24(30)22-18-10-5-4-6-12-20(18)32-23(22)26-25(27)31-15-21(29)28-16(2)14-17-9-7-8-11-19(17)28/h3,7-9,11,16H,1,4-6,10,12-15H2,2H3. The van der Waals surface area contributed by atoms with Crippen molar-refractivity contribution in [3.8, 4) is 0 Å². The van der Waals surface area contributed by atoms with E-state index in [-0.39, 0.29) is 23.3 Å². The van der Waals surface area contributed by atoms with Crippen molar-refractivity contribution in [1.29, 1.82) is 0 Å². The van der Waals surface area contributed by atoms with E-state index in [9.17, 15) is 9.59 Å². The molecule has 3 heterocycles. The van der Waals surface area contributed by atoms with Gasteiger partial charge in [0.15, 0.2) is 5.16 Å². The van der Waals surface area contributed by atoms with Crippen molar-refractivity contribution in [3.63, 3.8) is 0 Å². The van der Waals surface area contributed by atoms with Gasteiger partial charge < -0.3 is 4.90 Å². The quantitative estimate of drug-likeness (QED) is 0.231. The van der Waals surface area contributed by atoms with Crippen LogP contribution in [0.15, 0.2) is 46.9 Å². The van der Waals surface area contributed by atoms with Gasteiger partial charge in [0, 0.05) is 23.2 Å². The molecule has 1 aliphatic heterocycles. The molecule has 7 heteroatoms. The monoisotopic (exact) mass is 465 g/mol. The number of carbonyl (C=O) groups excluding carboxylic acids is 1. The second-order valence-corrected chi connectivity index (χ2v) is 10.6. The minimum absolute atomic E-state index is 0.00383. The van der Waals surface area contributed by atoms with Crippen LogP contribution in [0.25, 0.3) is 10.2 Å². The van der Waals surface area contributed by atoms with E-state index in [0.717, 1.165) is 41.6 Å². The second kappa shape index (κ2) is 8.87. The van der Waals surface area contributed by atoms with Crippen molar-refractivity contribution >= 4 is 44.9 Å². The number of fused-ring (bicyclic) bond motifs is 4. The number of thiophene rings is 1. The molecule has 0 spiro atoms. The first-order chi connectivity index (χ1) is 15.6. The summed E-state index contributed by atoms with van der Waals surface area (Å²) >= 11 is 3.02. The van der Waals surface area contributed by atoms with E-state index >= 15 is 0 Å². The largest absolute Gasteiger partial charge is 0.308 e. The highest BCUT2D eigenvalue weighted by molar-refractivity contribution is 7.99. The van der Waals surface area contributed by atoms with E-state index in [0.29, 0.717) is 11.7 Å². The summed E-state index contributed by atoms with van der Waals surface area (Å²) in [5, 5.41) is 1.39. The van der Waals surface area contributed by atoms with Gasteiger partial charge >= 0.3 is 0 Å². The van der Waals surface area contributed by atoms with E-state index in [4.69, 9.17) is 4.98 Å². The Kier molecular flexibility index (Phi) is 5.95. The van der Waals surface area contributed by atoms with E-state index in [1.165, 1.54) is 40.6 Å². The molecule has 32 heavy (non-hydrogen) atoms. The lowest BCUT2D eigenvalue weighted by Gasteiger charge is -2.22. The average Bonchev–Trinajstić information content (AvgIpc) is 3.21. The number of anilines is 1. The number of para-hydroxylation sites is 1. The van der Waals surface area contributed by atoms with Gasteiger partial charge in [0.25, 0.3) is 5.56 Å². The maximum absolute atomic E-state index is 13.5. The Hall–Kier alpha value is -2.38. The summed E-state index contributed by atoms with van der Waals surface area (Å²) in [6.07, 6.45) is 8.10. The van der Waals surface area contributed by atoms with E-state index in [1.54, 1.807) is 22.0 Å². The fraction of sp³-hybridized carbons (Fsp3) is 0.400. The fourth-order valence-electron chi connectivity index (χ4n) is 4.94. The van der Waals surface area contributed by atoms with Crippen molar-refractivity contribution in [3.05, 3.63) is 63.3 Å². The van der Waals surface area contributed by atoms with Crippen LogP contribution in [-0.4, -0.2) is 27.3 Å². The molecule has 1 aromatic carbocycles. The normalized spacial score (nSPS) is 17.8. The number of allylic oxidation sites excluding steroid dienone is 1. The molecule has 5 rings (SSSR count). The van der Waals surface area contributed by atoms with Crippen LogP contribution in [0.3, 0.4) is 0 Å². The number of thioether (sulfide) groups is 1. The molecule has 1 atom stereocenters. The molecule has 0 radical (unpaired) electrons. The minimum Gasteiger partial charge on any atom is -0.308 e. The highest BCUT2D eigenvalue weighted by atomic mass is 32.2. The molecule has 0 saturated carbocycles. The van der Waals surface area contributed by atoms with Crippen LogP contribution < -0.4 is 10.5 Å². The summed E-state index contributed by atoms with van der Waals surface area (Å²) in [5.74, 6) is 0.299. The summed E-state index contributed by atoms with van der Waals surface area (Å²) in [5.41, 5.74) is 3.41. The number of hydrogen-bond acceptors (Lipinski definition) is 5. The number of benzene rings is 1. The van der Waals surface area contributed by atoms with Gasteiger partial charge in [0.05, 0.1) is 11.1 Å². The van der Waals surface area contributed by atoms with Crippen LogP contribution in [0.2, 0.25) is 0 Å². The van der Waals surface area contributed by atoms with Crippen LogP contribution in [0.4, 0.5) is 5.69 Å². The average molecular weight is 466 g/mol. The third kappa shape index (κ3) is 3.71. The Bertz CT molecular complexity index is 1260. The number of hydrogen-bond donors (Lipinski definition) is 0. The highest BCUT2D eigenvalue weighted by Crippen LogP contribution is 2.35. The van der Waals surface area contributed by atoms with Crippen LogP contribution >= 0.6 is 23.1 Å². The van der Waals surface area contributed by atoms with Gasteiger partial charge in [-0.25, -0.2) is 4.98 Å². The van der Waals surface area contributed by atoms with E-state index in [2.05, 4.69) is 19.6 Å². The van der Waals surface area contributed by atoms with Crippen molar-refractivity contribution in [1.82, 2.24) is 9.55 Å². The van der Waals surface area contributed by atoms with Gasteiger partial charge in [-0.1, -0.05) is 42.5 Å². The van der Waals surface area contributed by atoms with Crippen LogP contribution in [-0.2, 0) is 30.6 Å². The van der Waals surface area contributed by atoms with Crippen molar-refractivity contribution in [2.24, 2.45) is 0 Å². The maximum atomic E-state index is 13.5. The summed E-state index contributed by atoms with van der Waals surface area (Å²) in [6, 6.07) is 8.23. The third-order valence-corrected chi connectivity index (χ3v) is 8.55. The number of carbonyl (C=O) groups is 1. The number of aryl methyl sites for hydroxylation is 2. The molecule has 0 N–H and O–H groups in total. The summed E-state index contributed by atoms with van der Waals surface area (Å²) in [6.45, 7) is 6.31. The first kappa shape index (κ1) is 21.5. The first-order valence-electron chi connectivity index (χ1n) is 11.3. The predicted molar refractivity (Wildman–Crippen MR) is 133 cm³/mol. The minimum atomic E-state index is 0.00383. The Balaban J connectivity index is 1.46. The zero-order valence-electron chi connectivity index (χ0n) is 18.3. The molecule has 1 unspecified atom stereocenters. The Morgan fingerprint density at radius 2 is 2.09 bits per heavy atom. The number of nitrogens with zero attached hydrogens (tertiary/aromatic N) is 3. The molecule has 5 nitrogen and oxygen atoms in total. The molecular formula is C25H27N3O2S2. The van der Waals surface area contributed by atoms with Crippen LogP contribution in [0, 0.1) is 0 Å². The molecule has 2 aliphatic rings. The lowest BCUT2D eigenvalue weighted by Crippen LogP contribution is -2.37. The molecule has 3 aromatic rings. The predicted octanol–water partition coefficient (Wildman–Crippen LogP) is 4.98. The van der Waals surface area contributed by atoms with Gasteiger partial charge in [-0.15, -0.1) is 17.9 Å². The van der Waals surface area contributed by atoms with Gasteiger partial charge in [-0.2, -0.15) is 0 Å². The lowest BCUT2D eigenvalue weighted by molar-refractivity contribution is -0.116. The number of rotatable bonds is 5. The topological polar surface area (TPSA) is 55.2 Å². The maximum Gasteiger partial charge on any atom is 0.263 e. The van der Waals surface area contributed by atoms with Crippen LogP contribution in [0.5, 0.6) is 0 Å². The Morgan fingerprint density at radius 3 is 2.94 bits per heavy atom. The van der Waals surface area contributed by atoms with Crippen molar-refractivity contribution in [2.75, 3.05) is 10.7 Å². The highest BCUT2D eigenvalue weighted by Gasteiger charge is 2.31. The molecule has 0 fully saturated rings. The molecule has 166 valence electrons. The zero-order valence-corrected chi connectivity index (χ0v) is 19.9. The number of aromatic nitrogens is 2. The Labute approximate surface area is 196 Å². The van der Waals surface area contributed by atoms with Gasteiger partial charge in [0.1, 0.15) is 4.83 Å². The Morgan fingerprint density at radius 1 is 1.28 bits per heavy atom. The molecule has 1 amide bonds.